The maximum absolute atomic E-state index is 13.1. The Bertz CT molecular complexity index is 715. The van der Waals surface area contributed by atoms with Gasteiger partial charge in [0.25, 0.3) is 11.7 Å². The highest BCUT2D eigenvalue weighted by molar-refractivity contribution is 6.06. The average Bonchev–Trinajstić information content (AvgIpc) is 3.18. The van der Waals surface area contributed by atoms with Gasteiger partial charge in [0.1, 0.15) is 0 Å². The van der Waals surface area contributed by atoms with Crippen molar-refractivity contribution in [2.24, 2.45) is 5.41 Å². The lowest BCUT2D eigenvalue weighted by Crippen LogP contribution is -2.45. The second-order valence-corrected chi connectivity index (χ2v) is 6.33. The van der Waals surface area contributed by atoms with Crippen LogP contribution in [0.1, 0.15) is 24.8 Å². The molecule has 4 rings (SSSR count). The number of anilines is 1. The van der Waals surface area contributed by atoms with Crippen molar-refractivity contribution in [3.63, 3.8) is 0 Å². The molecule has 3 aliphatic rings. The predicted octanol–water partition coefficient (Wildman–Crippen LogP) is 2.48. The Labute approximate surface area is 135 Å². The summed E-state index contributed by atoms with van der Waals surface area (Å²) < 4.78 is 11.4. The van der Waals surface area contributed by atoms with Crippen LogP contribution in [0.25, 0.3) is 0 Å². The van der Waals surface area contributed by atoms with Gasteiger partial charge in [0.05, 0.1) is 30.4 Å². The first-order chi connectivity index (χ1) is 11.2. The van der Waals surface area contributed by atoms with Gasteiger partial charge in [-0.05, 0) is 25.3 Å². The van der Waals surface area contributed by atoms with E-state index in [4.69, 9.17) is 9.47 Å². The zero-order valence-electron chi connectivity index (χ0n) is 12.8. The molecule has 1 atom stereocenters. The van der Waals surface area contributed by atoms with E-state index in [2.05, 4.69) is 12.1 Å². The topological polar surface area (TPSA) is 62.6 Å². The highest BCUT2D eigenvalue weighted by Gasteiger charge is 2.57. The molecule has 1 amide bonds. The van der Waals surface area contributed by atoms with Crippen LogP contribution in [-0.4, -0.2) is 25.7 Å². The van der Waals surface area contributed by atoms with Crippen LogP contribution < -0.4 is 4.90 Å². The Morgan fingerprint density at radius 3 is 2.70 bits per heavy atom. The fourth-order valence-corrected chi connectivity index (χ4v) is 3.71. The van der Waals surface area contributed by atoms with E-state index in [9.17, 15) is 10.1 Å². The van der Waals surface area contributed by atoms with Crippen LogP contribution in [-0.2, 0) is 20.1 Å². The van der Waals surface area contributed by atoms with E-state index < -0.39 is 11.2 Å². The maximum Gasteiger partial charge on any atom is 0.292 e. The second-order valence-electron chi connectivity index (χ2n) is 6.33. The maximum atomic E-state index is 13.1. The summed E-state index contributed by atoms with van der Waals surface area (Å²) in [5, 5.41) is 9.71. The lowest BCUT2D eigenvalue weighted by molar-refractivity contribution is -0.180. The number of hydrogen-bond donors (Lipinski definition) is 0. The first-order valence-corrected chi connectivity index (χ1v) is 7.96. The summed E-state index contributed by atoms with van der Waals surface area (Å²) in [7, 11) is 0. The SMILES string of the molecule is N#C[C@@]1(CN2C(=O)C3(OCCO3)c3ccccc32)CC=CCC1. The van der Waals surface area contributed by atoms with E-state index in [-0.39, 0.29) is 5.91 Å². The summed E-state index contributed by atoms with van der Waals surface area (Å²) in [6, 6.07) is 10.00. The molecule has 1 fully saturated rings. The number of benzene rings is 1. The van der Waals surface area contributed by atoms with Crippen molar-refractivity contribution in [1.29, 1.82) is 5.26 Å². The number of hydrogen-bond acceptors (Lipinski definition) is 4. The molecule has 0 bridgehead atoms. The molecular weight excluding hydrogens is 292 g/mol. The van der Waals surface area contributed by atoms with Gasteiger partial charge < -0.3 is 14.4 Å². The van der Waals surface area contributed by atoms with Crippen molar-refractivity contribution >= 4 is 11.6 Å². The van der Waals surface area contributed by atoms with Gasteiger partial charge in [-0.1, -0.05) is 30.4 Å². The van der Waals surface area contributed by atoms with Crippen molar-refractivity contribution in [3.8, 4) is 6.07 Å². The van der Waals surface area contributed by atoms with Crippen LogP contribution in [0.2, 0.25) is 0 Å². The van der Waals surface area contributed by atoms with Crippen molar-refractivity contribution in [2.45, 2.75) is 25.0 Å². The molecule has 1 saturated heterocycles. The summed E-state index contributed by atoms with van der Waals surface area (Å²) in [5.74, 6) is -1.52. The van der Waals surface area contributed by atoms with E-state index in [0.29, 0.717) is 26.2 Å². The lowest BCUT2D eigenvalue weighted by atomic mass is 9.78. The van der Waals surface area contributed by atoms with Gasteiger partial charge in [0, 0.05) is 12.1 Å². The third kappa shape index (κ3) is 2.03. The van der Waals surface area contributed by atoms with Crippen molar-refractivity contribution in [1.82, 2.24) is 0 Å². The fourth-order valence-electron chi connectivity index (χ4n) is 3.71. The Kier molecular flexibility index (Phi) is 3.26. The summed E-state index contributed by atoms with van der Waals surface area (Å²) in [6.45, 7) is 1.18. The van der Waals surface area contributed by atoms with Crippen molar-refractivity contribution in [3.05, 3.63) is 42.0 Å². The largest absolute Gasteiger partial charge is 0.336 e. The zero-order valence-corrected chi connectivity index (χ0v) is 12.8. The number of carbonyl (C=O) groups excluding carboxylic acids is 1. The predicted molar refractivity (Wildman–Crippen MR) is 83.4 cm³/mol. The van der Waals surface area contributed by atoms with E-state index in [1.54, 1.807) is 4.90 Å². The number of nitriles is 1. The Morgan fingerprint density at radius 2 is 2.00 bits per heavy atom. The minimum absolute atomic E-state index is 0.208. The van der Waals surface area contributed by atoms with Crippen LogP contribution >= 0.6 is 0 Å². The van der Waals surface area contributed by atoms with Crippen molar-refractivity contribution < 1.29 is 14.3 Å². The standard InChI is InChI=1S/C18H18N2O3/c19-12-17(8-4-1-5-9-17)13-20-15-7-3-2-6-14(15)18(16(20)21)22-10-11-23-18/h1-4,6-7H,5,8-11,13H2/t17-/m1/s1. The molecule has 0 saturated carbocycles. The number of fused-ring (bicyclic) bond motifs is 2. The van der Waals surface area contributed by atoms with E-state index in [1.165, 1.54) is 0 Å². The molecule has 1 spiro atoms. The van der Waals surface area contributed by atoms with E-state index >= 15 is 0 Å². The summed E-state index contributed by atoms with van der Waals surface area (Å²) in [5.41, 5.74) is 1.01. The first kappa shape index (κ1) is 14.4. The fraction of sp³-hybridized carbons (Fsp3) is 0.444. The molecule has 2 heterocycles. The average molecular weight is 310 g/mol. The minimum atomic E-state index is -1.31. The molecule has 1 aromatic rings. The van der Waals surface area contributed by atoms with Gasteiger partial charge in [0.15, 0.2) is 0 Å². The number of ether oxygens (including phenoxy) is 2. The number of carbonyl (C=O) groups is 1. The smallest absolute Gasteiger partial charge is 0.292 e. The molecule has 5 nitrogen and oxygen atoms in total. The Balaban J connectivity index is 1.74. The van der Waals surface area contributed by atoms with Crippen LogP contribution in [0.4, 0.5) is 5.69 Å². The molecule has 2 aliphatic heterocycles. The van der Waals surface area contributed by atoms with Gasteiger partial charge in [0.2, 0.25) is 0 Å². The molecule has 1 aromatic carbocycles. The molecule has 1 aliphatic carbocycles. The quantitative estimate of drug-likeness (QED) is 0.787. The van der Waals surface area contributed by atoms with Crippen LogP contribution in [0.3, 0.4) is 0 Å². The first-order valence-electron chi connectivity index (χ1n) is 7.96. The van der Waals surface area contributed by atoms with Gasteiger partial charge in [-0.3, -0.25) is 4.79 Å². The molecular formula is C18H18N2O3. The van der Waals surface area contributed by atoms with Gasteiger partial charge in [-0.15, -0.1) is 0 Å². The highest BCUT2D eigenvalue weighted by Crippen LogP contribution is 2.47. The minimum Gasteiger partial charge on any atom is -0.336 e. The summed E-state index contributed by atoms with van der Waals surface area (Å²) >= 11 is 0. The molecule has 0 N–H and O–H groups in total. The molecule has 5 heteroatoms. The summed E-state index contributed by atoms with van der Waals surface area (Å²) in [6.07, 6.45) is 6.44. The normalized spacial score (nSPS) is 28.1. The monoisotopic (exact) mass is 310 g/mol. The van der Waals surface area contributed by atoms with E-state index in [1.807, 2.05) is 30.3 Å². The number of allylic oxidation sites excluding steroid dienone is 2. The van der Waals surface area contributed by atoms with Gasteiger partial charge >= 0.3 is 0 Å². The number of rotatable bonds is 2. The van der Waals surface area contributed by atoms with E-state index in [0.717, 1.165) is 24.1 Å². The van der Waals surface area contributed by atoms with Crippen LogP contribution in [0, 0.1) is 16.7 Å². The number of amides is 1. The molecule has 118 valence electrons. The summed E-state index contributed by atoms with van der Waals surface area (Å²) in [4.78, 5) is 14.8. The second kappa shape index (κ2) is 5.19. The van der Waals surface area contributed by atoms with Crippen LogP contribution in [0.15, 0.2) is 36.4 Å². The van der Waals surface area contributed by atoms with Crippen molar-refractivity contribution in [2.75, 3.05) is 24.7 Å². The zero-order chi connectivity index (χ0) is 15.9. The molecule has 0 radical (unpaired) electrons. The van der Waals surface area contributed by atoms with Gasteiger partial charge in [-0.2, -0.15) is 5.26 Å². The third-order valence-corrected chi connectivity index (χ3v) is 4.93. The Morgan fingerprint density at radius 1 is 1.22 bits per heavy atom. The highest BCUT2D eigenvalue weighted by atomic mass is 16.7. The number of para-hydroxylation sites is 1. The molecule has 0 unspecified atom stereocenters. The lowest BCUT2D eigenvalue weighted by Gasteiger charge is -2.32. The van der Waals surface area contributed by atoms with Gasteiger partial charge in [-0.25, -0.2) is 0 Å². The Hall–Kier alpha value is -2.16. The third-order valence-electron chi connectivity index (χ3n) is 4.93. The number of nitrogens with zero attached hydrogens (tertiary/aromatic N) is 2. The van der Waals surface area contributed by atoms with Crippen LogP contribution in [0.5, 0.6) is 0 Å². The molecule has 0 aromatic heterocycles. The molecule has 23 heavy (non-hydrogen) atoms.